The number of hydrogen-bond acceptors (Lipinski definition) is 3. The molecule has 5 nitrogen and oxygen atoms in total. The molecule has 0 saturated carbocycles. The van der Waals surface area contributed by atoms with Crippen LogP contribution in [0.25, 0.3) is 0 Å². The first-order chi connectivity index (χ1) is 11.3. The lowest BCUT2D eigenvalue weighted by Gasteiger charge is -2.16. The van der Waals surface area contributed by atoms with Gasteiger partial charge < -0.3 is 5.32 Å². The van der Waals surface area contributed by atoms with Gasteiger partial charge >= 0.3 is 0 Å². The number of carbonyl (C=O) groups excluding carboxylic acids is 1. The highest BCUT2D eigenvalue weighted by molar-refractivity contribution is 7.92. The third-order valence-electron chi connectivity index (χ3n) is 3.79. The number of anilines is 2. The maximum Gasteiger partial charge on any atom is 0.255 e. The van der Waals surface area contributed by atoms with E-state index < -0.39 is 10.0 Å². The first-order valence-electron chi connectivity index (χ1n) is 7.13. The monoisotopic (exact) mass is 384 g/mol. The highest BCUT2D eigenvalue weighted by Crippen LogP contribution is 2.32. The first-order valence-corrected chi connectivity index (χ1v) is 9.74. The largest absolute Gasteiger partial charge is 0.321 e. The highest BCUT2D eigenvalue weighted by atomic mass is 35.5. The van der Waals surface area contributed by atoms with Crippen molar-refractivity contribution in [3.8, 4) is 0 Å². The predicted molar refractivity (Wildman–Crippen MR) is 96.8 cm³/mol. The third kappa shape index (κ3) is 3.22. The molecule has 0 unspecified atom stereocenters. The van der Waals surface area contributed by atoms with E-state index >= 15 is 0 Å². The first kappa shape index (κ1) is 17.1. The number of carbonyl (C=O) groups is 1. The molecule has 1 heterocycles. The molecule has 3 rings (SSSR count). The Morgan fingerprint density at radius 2 is 1.96 bits per heavy atom. The van der Waals surface area contributed by atoms with Crippen LogP contribution in [-0.4, -0.2) is 27.1 Å². The maximum atomic E-state index is 12.4. The summed E-state index contributed by atoms with van der Waals surface area (Å²) in [4.78, 5) is 12.4. The number of nitrogens with zero attached hydrogens (tertiary/aromatic N) is 1. The van der Waals surface area contributed by atoms with Crippen LogP contribution in [0.1, 0.15) is 15.9 Å². The van der Waals surface area contributed by atoms with Crippen LogP contribution in [0, 0.1) is 0 Å². The number of nitrogens with one attached hydrogen (secondary N) is 1. The number of benzene rings is 2. The summed E-state index contributed by atoms with van der Waals surface area (Å²) >= 11 is 12.0. The van der Waals surface area contributed by atoms with Crippen LogP contribution < -0.4 is 9.62 Å². The average Bonchev–Trinajstić information content (AvgIpc) is 2.95. The van der Waals surface area contributed by atoms with Crippen molar-refractivity contribution >= 4 is 50.5 Å². The number of rotatable bonds is 3. The summed E-state index contributed by atoms with van der Waals surface area (Å²) in [6, 6.07) is 9.93. The standard InChI is InChI=1S/C16H14Cl2N2O3S/c1-24(22,23)20-8-7-10-9-11(5-6-14(10)20)16(21)19-13-4-2-3-12(17)15(13)18/h2-6,9H,7-8H2,1H3,(H,19,21). The van der Waals surface area contributed by atoms with Crippen molar-refractivity contribution in [2.75, 3.05) is 22.4 Å². The van der Waals surface area contributed by atoms with E-state index in [9.17, 15) is 13.2 Å². The van der Waals surface area contributed by atoms with Crippen LogP contribution in [0.2, 0.25) is 10.0 Å². The molecule has 1 amide bonds. The second kappa shape index (κ2) is 6.27. The lowest BCUT2D eigenvalue weighted by atomic mass is 10.1. The molecule has 0 fully saturated rings. The van der Waals surface area contributed by atoms with Crippen molar-refractivity contribution in [1.29, 1.82) is 0 Å². The summed E-state index contributed by atoms with van der Waals surface area (Å²) in [5, 5.41) is 3.34. The van der Waals surface area contributed by atoms with Gasteiger partial charge in [0, 0.05) is 12.1 Å². The molecule has 0 aliphatic carbocycles. The molecule has 24 heavy (non-hydrogen) atoms. The van der Waals surface area contributed by atoms with Crippen molar-refractivity contribution in [2.45, 2.75) is 6.42 Å². The third-order valence-corrected chi connectivity index (χ3v) is 5.79. The van der Waals surface area contributed by atoms with Gasteiger partial charge in [0.05, 0.1) is 27.7 Å². The number of amides is 1. The van der Waals surface area contributed by atoms with Crippen molar-refractivity contribution in [1.82, 2.24) is 0 Å². The van der Waals surface area contributed by atoms with Gasteiger partial charge in [-0.15, -0.1) is 0 Å². The zero-order valence-electron chi connectivity index (χ0n) is 12.7. The summed E-state index contributed by atoms with van der Waals surface area (Å²) in [6.07, 6.45) is 1.74. The fourth-order valence-electron chi connectivity index (χ4n) is 2.65. The van der Waals surface area contributed by atoms with E-state index in [0.29, 0.717) is 34.9 Å². The minimum Gasteiger partial charge on any atom is -0.321 e. The molecule has 0 atom stereocenters. The van der Waals surface area contributed by atoms with Crippen LogP contribution in [-0.2, 0) is 16.4 Å². The van der Waals surface area contributed by atoms with E-state index in [4.69, 9.17) is 23.2 Å². The Morgan fingerprint density at radius 3 is 2.67 bits per heavy atom. The van der Waals surface area contributed by atoms with Gasteiger partial charge in [0.1, 0.15) is 0 Å². The zero-order chi connectivity index (χ0) is 17.5. The molecular formula is C16H14Cl2N2O3S. The second-order valence-electron chi connectivity index (χ2n) is 5.48. The molecule has 0 spiro atoms. The molecule has 0 radical (unpaired) electrons. The minimum atomic E-state index is -3.31. The van der Waals surface area contributed by atoms with Crippen LogP contribution in [0.15, 0.2) is 36.4 Å². The van der Waals surface area contributed by atoms with E-state index in [1.807, 2.05) is 0 Å². The molecule has 1 aliphatic heterocycles. The van der Waals surface area contributed by atoms with Crippen LogP contribution >= 0.6 is 23.2 Å². The van der Waals surface area contributed by atoms with Gasteiger partial charge in [0.2, 0.25) is 10.0 Å². The quantitative estimate of drug-likeness (QED) is 0.879. The summed E-state index contributed by atoms with van der Waals surface area (Å²) in [5.74, 6) is -0.334. The number of fused-ring (bicyclic) bond motifs is 1. The van der Waals surface area contributed by atoms with Crippen molar-refractivity contribution in [2.24, 2.45) is 0 Å². The SMILES string of the molecule is CS(=O)(=O)N1CCc2cc(C(=O)Nc3cccc(Cl)c3Cl)ccc21. The molecule has 0 bridgehead atoms. The fraction of sp³-hybridized carbons (Fsp3) is 0.188. The number of halogens is 2. The van der Waals surface area contributed by atoms with E-state index in [1.165, 1.54) is 10.6 Å². The minimum absolute atomic E-state index is 0.275. The predicted octanol–water partition coefficient (Wildman–Crippen LogP) is 3.57. The second-order valence-corrected chi connectivity index (χ2v) is 8.18. The van der Waals surface area contributed by atoms with Gasteiger partial charge in [-0.25, -0.2) is 8.42 Å². The Hall–Kier alpha value is -1.76. The van der Waals surface area contributed by atoms with Gasteiger partial charge in [0.15, 0.2) is 0 Å². The topological polar surface area (TPSA) is 66.5 Å². The Kier molecular flexibility index (Phi) is 4.46. The van der Waals surface area contributed by atoms with E-state index in [-0.39, 0.29) is 10.9 Å². The van der Waals surface area contributed by atoms with Crippen LogP contribution in [0.4, 0.5) is 11.4 Å². The maximum absolute atomic E-state index is 12.4. The lowest BCUT2D eigenvalue weighted by molar-refractivity contribution is 0.102. The van der Waals surface area contributed by atoms with Crippen molar-refractivity contribution in [3.63, 3.8) is 0 Å². The highest BCUT2D eigenvalue weighted by Gasteiger charge is 2.26. The molecule has 1 N–H and O–H groups in total. The van der Waals surface area contributed by atoms with Gasteiger partial charge in [-0.05, 0) is 42.3 Å². The molecule has 1 aliphatic rings. The summed E-state index contributed by atoms with van der Waals surface area (Å²) < 4.78 is 24.8. The van der Waals surface area contributed by atoms with Crippen molar-refractivity contribution in [3.05, 3.63) is 57.6 Å². The smallest absolute Gasteiger partial charge is 0.255 e. The Bertz CT molecular complexity index is 929. The molecule has 2 aromatic carbocycles. The normalized spacial score (nSPS) is 13.7. The van der Waals surface area contributed by atoms with Gasteiger partial charge in [0.25, 0.3) is 5.91 Å². The Morgan fingerprint density at radius 1 is 1.21 bits per heavy atom. The lowest BCUT2D eigenvalue weighted by Crippen LogP contribution is -2.27. The summed E-state index contributed by atoms with van der Waals surface area (Å²) in [7, 11) is -3.31. The molecular weight excluding hydrogens is 371 g/mol. The number of hydrogen-bond donors (Lipinski definition) is 1. The van der Waals surface area contributed by atoms with Crippen LogP contribution in [0.3, 0.4) is 0 Å². The van der Waals surface area contributed by atoms with E-state index in [0.717, 1.165) is 5.56 Å². The van der Waals surface area contributed by atoms with Gasteiger partial charge in [-0.3, -0.25) is 9.10 Å². The molecule has 126 valence electrons. The van der Waals surface area contributed by atoms with Gasteiger partial charge in [-0.2, -0.15) is 0 Å². The fourth-order valence-corrected chi connectivity index (χ4v) is 3.96. The molecule has 2 aromatic rings. The summed E-state index contributed by atoms with van der Waals surface area (Å²) in [6.45, 7) is 0.388. The van der Waals surface area contributed by atoms with E-state index in [1.54, 1.807) is 36.4 Å². The van der Waals surface area contributed by atoms with Crippen LogP contribution in [0.5, 0.6) is 0 Å². The summed E-state index contributed by atoms with van der Waals surface area (Å²) in [5.41, 5.74) is 2.30. The average molecular weight is 385 g/mol. The van der Waals surface area contributed by atoms with E-state index in [2.05, 4.69) is 5.32 Å². The van der Waals surface area contributed by atoms with Gasteiger partial charge in [-0.1, -0.05) is 29.3 Å². The molecule has 0 aromatic heterocycles. The Balaban J connectivity index is 1.87. The molecule has 8 heteroatoms. The Labute approximate surface area is 150 Å². The zero-order valence-corrected chi connectivity index (χ0v) is 15.0. The molecule has 0 saturated heterocycles. The number of sulfonamides is 1. The van der Waals surface area contributed by atoms with Crippen molar-refractivity contribution < 1.29 is 13.2 Å².